The van der Waals surface area contributed by atoms with Crippen LogP contribution in [0, 0.1) is 16.2 Å². The maximum absolute atomic E-state index is 12.2. The van der Waals surface area contributed by atoms with Gasteiger partial charge in [0.2, 0.25) is 0 Å². The van der Waals surface area contributed by atoms with Gasteiger partial charge in [-0.25, -0.2) is 0 Å². The highest BCUT2D eigenvalue weighted by atomic mass is 16.1. The van der Waals surface area contributed by atoms with Gasteiger partial charge in [-0.1, -0.05) is 25.0 Å². The molecule has 0 aromatic carbocycles. The van der Waals surface area contributed by atoms with Crippen molar-refractivity contribution in [3.05, 3.63) is 11.6 Å². The monoisotopic (exact) mass is 232 g/mol. The first-order valence-electron chi connectivity index (χ1n) is 7.13. The zero-order valence-electron chi connectivity index (χ0n) is 11.4. The predicted octanol–water partition coefficient (Wildman–Crippen LogP) is 4.27. The Morgan fingerprint density at radius 1 is 1.12 bits per heavy atom. The molecule has 2 saturated carbocycles. The van der Waals surface area contributed by atoms with E-state index in [0.717, 1.165) is 12.8 Å². The fourth-order valence-electron chi connectivity index (χ4n) is 4.90. The second-order valence-corrected chi connectivity index (χ2v) is 7.49. The van der Waals surface area contributed by atoms with Crippen LogP contribution in [0.5, 0.6) is 0 Å². The first kappa shape index (κ1) is 11.5. The van der Waals surface area contributed by atoms with Gasteiger partial charge in [0.15, 0.2) is 0 Å². The van der Waals surface area contributed by atoms with E-state index in [4.69, 9.17) is 0 Å². The Hall–Kier alpha value is -0.590. The Morgan fingerprint density at radius 2 is 1.88 bits per heavy atom. The largest absolute Gasteiger partial charge is 0.299 e. The van der Waals surface area contributed by atoms with Crippen LogP contribution < -0.4 is 0 Å². The highest BCUT2D eigenvalue weighted by Crippen LogP contribution is 2.63. The summed E-state index contributed by atoms with van der Waals surface area (Å²) in [5.74, 6) is 0.462. The zero-order chi connectivity index (χ0) is 12.3. The van der Waals surface area contributed by atoms with Crippen molar-refractivity contribution in [2.45, 2.75) is 65.7 Å². The fraction of sp³-hybridized carbons (Fsp3) is 0.812. The van der Waals surface area contributed by atoms with E-state index in [-0.39, 0.29) is 5.41 Å². The first-order chi connectivity index (χ1) is 7.88. The van der Waals surface area contributed by atoms with Crippen molar-refractivity contribution in [3.63, 3.8) is 0 Å². The number of ketones is 1. The molecule has 3 rings (SSSR count). The lowest BCUT2D eigenvalue weighted by Gasteiger charge is -2.56. The van der Waals surface area contributed by atoms with Crippen LogP contribution in [-0.4, -0.2) is 5.78 Å². The molecule has 94 valence electrons. The van der Waals surface area contributed by atoms with Gasteiger partial charge in [-0.2, -0.15) is 0 Å². The van der Waals surface area contributed by atoms with Crippen molar-refractivity contribution < 1.29 is 4.79 Å². The van der Waals surface area contributed by atoms with E-state index in [1.807, 2.05) is 0 Å². The Labute approximate surface area is 105 Å². The van der Waals surface area contributed by atoms with Gasteiger partial charge in [-0.05, 0) is 56.8 Å². The molecule has 2 fully saturated rings. The maximum Gasteiger partial charge on any atom is 0.142 e. The summed E-state index contributed by atoms with van der Waals surface area (Å²) in [5.41, 5.74) is 2.23. The standard InChI is InChI=1S/C16H24O/c1-14(2)12-5-9-15(3)7-4-8-16(12,11-15)10-6-13(14)17/h5H,4,6-11H2,1-3H3/t15-,16+/m1/s1. The zero-order valence-corrected chi connectivity index (χ0v) is 11.4. The van der Waals surface area contributed by atoms with Gasteiger partial charge in [0.05, 0.1) is 0 Å². The average Bonchev–Trinajstić information content (AvgIpc) is 2.23. The first-order valence-corrected chi connectivity index (χ1v) is 7.13. The molecule has 1 heteroatoms. The Bertz CT molecular complexity index is 404. The fourth-order valence-corrected chi connectivity index (χ4v) is 4.90. The Kier molecular flexibility index (Phi) is 2.19. The summed E-state index contributed by atoms with van der Waals surface area (Å²) in [6.07, 6.45) is 11.0. The summed E-state index contributed by atoms with van der Waals surface area (Å²) < 4.78 is 0. The number of hydrogen-bond acceptors (Lipinski definition) is 1. The van der Waals surface area contributed by atoms with Crippen molar-refractivity contribution >= 4 is 5.78 Å². The number of carbonyl (C=O) groups is 1. The van der Waals surface area contributed by atoms with Crippen molar-refractivity contribution in [2.75, 3.05) is 0 Å². The third kappa shape index (κ3) is 1.47. The molecule has 0 amide bonds. The number of fused-ring (bicyclic) bond motifs is 1. The third-order valence-corrected chi connectivity index (χ3v) is 5.77. The van der Waals surface area contributed by atoms with Crippen molar-refractivity contribution in [1.29, 1.82) is 0 Å². The predicted molar refractivity (Wildman–Crippen MR) is 69.7 cm³/mol. The van der Waals surface area contributed by atoms with Gasteiger partial charge < -0.3 is 0 Å². The van der Waals surface area contributed by atoms with Crippen molar-refractivity contribution in [1.82, 2.24) is 0 Å². The second kappa shape index (κ2) is 3.24. The third-order valence-electron chi connectivity index (χ3n) is 5.77. The Balaban J connectivity index is 2.09. The van der Waals surface area contributed by atoms with E-state index < -0.39 is 0 Å². The van der Waals surface area contributed by atoms with Crippen LogP contribution in [0.3, 0.4) is 0 Å². The van der Waals surface area contributed by atoms with E-state index in [1.54, 1.807) is 0 Å². The van der Waals surface area contributed by atoms with Crippen LogP contribution in [0.2, 0.25) is 0 Å². The highest BCUT2D eigenvalue weighted by molar-refractivity contribution is 5.89. The minimum atomic E-state index is -0.184. The van der Waals surface area contributed by atoms with Gasteiger partial charge in [-0.3, -0.25) is 4.79 Å². The molecular formula is C16H24O. The highest BCUT2D eigenvalue weighted by Gasteiger charge is 2.54. The molecule has 0 radical (unpaired) electrons. The number of Topliss-reactive ketones (excluding diaryl/α,β-unsaturated/α-hetero) is 1. The van der Waals surface area contributed by atoms with E-state index >= 15 is 0 Å². The van der Waals surface area contributed by atoms with Gasteiger partial charge in [0.1, 0.15) is 5.78 Å². The van der Waals surface area contributed by atoms with Crippen LogP contribution in [-0.2, 0) is 4.79 Å². The lowest BCUT2D eigenvalue weighted by atomic mass is 9.47. The summed E-state index contributed by atoms with van der Waals surface area (Å²) in [4.78, 5) is 12.2. The van der Waals surface area contributed by atoms with E-state index in [9.17, 15) is 4.79 Å². The van der Waals surface area contributed by atoms with E-state index in [1.165, 1.54) is 37.7 Å². The van der Waals surface area contributed by atoms with Gasteiger partial charge in [0.25, 0.3) is 0 Å². The van der Waals surface area contributed by atoms with Gasteiger partial charge in [-0.15, -0.1) is 0 Å². The quantitative estimate of drug-likeness (QED) is 0.570. The summed E-state index contributed by atoms with van der Waals surface area (Å²) >= 11 is 0. The SMILES string of the molecule is CC1(C)C(=O)CC[C@]23CCC[C@](C)(CC=C12)C3. The summed E-state index contributed by atoms with van der Waals surface area (Å²) in [5, 5.41) is 0. The van der Waals surface area contributed by atoms with Crippen LogP contribution in [0.1, 0.15) is 65.7 Å². The van der Waals surface area contributed by atoms with E-state index in [2.05, 4.69) is 26.8 Å². The number of rotatable bonds is 0. The topological polar surface area (TPSA) is 17.1 Å². The molecule has 3 aliphatic carbocycles. The molecule has 0 aromatic heterocycles. The van der Waals surface area contributed by atoms with Crippen molar-refractivity contribution in [2.24, 2.45) is 16.2 Å². The molecule has 1 nitrogen and oxygen atoms in total. The summed E-state index contributed by atoms with van der Waals surface area (Å²) in [6.45, 7) is 6.75. The average molecular weight is 232 g/mol. The molecule has 0 aromatic rings. The maximum atomic E-state index is 12.2. The molecule has 3 aliphatic rings. The smallest absolute Gasteiger partial charge is 0.142 e. The number of carbonyl (C=O) groups excluding carboxylic acids is 1. The number of hydrogen-bond donors (Lipinski definition) is 0. The Morgan fingerprint density at radius 3 is 2.65 bits per heavy atom. The molecule has 2 atom stereocenters. The lowest BCUT2D eigenvalue weighted by Crippen LogP contribution is -2.48. The minimum Gasteiger partial charge on any atom is -0.299 e. The summed E-state index contributed by atoms with van der Waals surface area (Å²) in [7, 11) is 0. The molecule has 0 aliphatic heterocycles. The van der Waals surface area contributed by atoms with Gasteiger partial charge in [0, 0.05) is 11.8 Å². The van der Waals surface area contributed by atoms with Gasteiger partial charge >= 0.3 is 0 Å². The van der Waals surface area contributed by atoms with Crippen molar-refractivity contribution in [3.8, 4) is 0 Å². The lowest BCUT2D eigenvalue weighted by molar-refractivity contribution is -0.130. The minimum absolute atomic E-state index is 0.184. The second-order valence-electron chi connectivity index (χ2n) is 7.49. The number of allylic oxidation sites excluding steroid dienone is 2. The molecule has 2 bridgehead atoms. The molecule has 17 heavy (non-hydrogen) atoms. The van der Waals surface area contributed by atoms with Crippen LogP contribution in [0.15, 0.2) is 11.6 Å². The summed E-state index contributed by atoms with van der Waals surface area (Å²) in [6, 6.07) is 0. The molecule has 0 N–H and O–H groups in total. The molecule has 1 spiro atoms. The normalized spacial score (nSPS) is 43.9. The van der Waals surface area contributed by atoms with E-state index in [0.29, 0.717) is 16.6 Å². The molecule has 0 saturated heterocycles. The molecular weight excluding hydrogens is 208 g/mol. The molecule has 0 heterocycles. The van der Waals surface area contributed by atoms with Crippen LogP contribution in [0.25, 0.3) is 0 Å². The van der Waals surface area contributed by atoms with Crippen LogP contribution in [0.4, 0.5) is 0 Å². The van der Waals surface area contributed by atoms with Crippen LogP contribution >= 0.6 is 0 Å². The molecule has 0 unspecified atom stereocenters.